The number of nitrogens with zero attached hydrogens (tertiary/aromatic N) is 3. The summed E-state index contributed by atoms with van der Waals surface area (Å²) in [6.07, 6.45) is 4.88. The molecule has 0 aliphatic carbocycles. The van der Waals surface area contributed by atoms with E-state index in [0.29, 0.717) is 12.5 Å². The van der Waals surface area contributed by atoms with Gasteiger partial charge in [-0.15, -0.1) is 0 Å². The number of benzene rings is 1. The van der Waals surface area contributed by atoms with Gasteiger partial charge in [-0.1, -0.05) is 24.3 Å². The highest BCUT2D eigenvalue weighted by Gasteiger charge is 2.25. The second-order valence-electron chi connectivity index (χ2n) is 9.07. The second-order valence-corrected chi connectivity index (χ2v) is 9.07. The molecule has 31 heavy (non-hydrogen) atoms. The van der Waals surface area contributed by atoms with Crippen LogP contribution in [0.2, 0.25) is 0 Å². The summed E-state index contributed by atoms with van der Waals surface area (Å²) in [5.74, 6) is 1.81. The summed E-state index contributed by atoms with van der Waals surface area (Å²) >= 11 is 0. The highest BCUT2D eigenvalue weighted by Crippen LogP contribution is 2.23. The summed E-state index contributed by atoms with van der Waals surface area (Å²) in [5, 5.41) is 6.95. The van der Waals surface area contributed by atoms with Crippen LogP contribution in [-0.4, -0.2) is 74.1 Å². The Hall–Kier alpha value is -2.12. The molecule has 3 heterocycles. The van der Waals surface area contributed by atoms with Gasteiger partial charge in [-0.3, -0.25) is 9.79 Å². The molecule has 0 spiro atoms. The Morgan fingerprint density at radius 2 is 1.90 bits per heavy atom. The maximum Gasteiger partial charge on any atom is 0.223 e. The van der Waals surface area contributed by atoms with Crippen LogP contribution in [0.5, 0.6) is 0 Å². The van der Waals surface area contributed by atoms with Crippen molar-refractivity contribution in [2.45, 2.75) is 51.2 Å². The van der Waals surface area contributed by atoms with Crippen LogP contribution < -0.4 is 10.6 Å². The Kier molecular flexibility index (Phi) is 7.81. The largest absolute Gasteiger partial charge is 0.381 e. The number of fused-ring (bicyclic) bond motifs is 1. The first-order chi connectivity index (χ1) is 15.2. The number of aliphatic imine (C=N–C) groups is 1. The van der Waals surface area contributed by atoms with Crippen LogP contribution in [0, 0.1) is 5.92 Å². The number of nitrogens with one attached hydrogen (secondary N) is 2. The minimum absolute atomic E-state index is 0.237. The lowest BCUT2D eigenvalue weighted by Crippen LogP contribution is -2.49. The molecule has 1 atom stereocenters. The Bertz CT molecular complexity index is 729. The van der Waals surface area contributed by atoms with E-state index in [1.807, 2.05) is 24.1 Å². The SMILES string of the molecule is CN=C(NCCCC(=O)N1Cc2ccccc2C1)NC1CCN(CC2CCOC2)CC1. The summed E-state index contributed by atoms with van der Waals surface area (Å²) in [6.45, 7) is 7.57. The van der Waals surface area contributed by atoms with Crippen molar-refractivity contribution < 1.29 is 9.53 Å². The third-order valence-corrected chi connectivity index (χ3v) is 6.75. The number of hydrogen-bond donors (Lipinski definition) is 2. The van der Waals surface area contributed by atoms with Gasteiger partial charge >= 0.3 is 0 Å². The standard InChI is InChI=1S/C24H37N5O2/c1-25-24(27-22-8-12-28(13-9-22)15-19-10-14-31-18-19)26-11-4-7-23(30)29-16-20-5-2-3-6-21(20)17-29/h2-3,5-6,19,22H,4,7-18H2,1H3,(H2,25,26,27). The van der Waals surface area contributed by atoms with Crippen molar-refractivity contribution in [2.75, 3.05) is 46.4 Å². The Labute approximate surface area is 186 Å². The van der Waals surface area contributed by atoms with Crippen molar-refractivity contribution in [1.29, 1.82) is 0 Å². The summed E-state index contributed by atoms with van der Waals surface area (Å²) in [7, 11) is 1.82. The molecule has 2 saturated heterocycles. The average molecular weight is 428 g/mol. The maximum absolute atomic E-state index is 12.5. The van der Waals surface area contributed by atoms with Crippen molar-refractivity contribution in [3.63, 3.8) is 0 Å². The van der Waals surface area contributed by atoms with E-state index in [1.54, 1.807) is 0 Å². The van der Waals surface area contributed by atoms with Crippen LogP contribution in [0.1, 0.15) is 43.2 Å². The van der Waals surface area contributed by atoms with Crippen LogP contribution in [-0.2, 0) is 22.6 Å². The van der Waals surface area contributed by atoms with Crippen LogP contribution >= 0.6 is 0 Å². The van der Waals surface area contributed by atoms with Gasteiger partial charge in [-0.05, 0) is 42.7 Å². The number of hydrogen-bond acceptors (Lipinski definition) is 4. The number of piperidine rings is 1. The molecule has 4 rings (SSSR count). The molecule has 2 N–H and O–H groups in total. The molecule has 2 fully saturated rings. The summed E-state index contributed by atoms with van der Waals surface area (Å²) in [5.41, 5.74) is 2.56. The highest BCUT2D eigenvalue weighted by atomic mass is 16.5. The van der Waals surface area contributed by atoms with Crippen LogP contribution in [0.25, 0.3) is 0 Å². The molecule has 7 nitrogen and oxygen atoms in total. The predicted molar refractivity (Wildman–Crippen MR) is 123 cm³/mol. The van der Waals surface area contributed by atoms with E-state index in [2.05, 4.69) is 32.7 Å². The number of ether oxygens (including phenoxy) is 1. The molecule has 1 aromatic carbocycles. The summed E-state index contributed by atoms with van der Waals surface area (Å²) in [6, 6.07) is 8.79. The number of carbonyl (C=O) groups is 1. The molecule has 3 aliphatic heterocycles. The first-order valence-electron chi connectivity index (χ1n) is 11.8. The first kappa shape index (κ1) is 22.1. The van der Waals surface area contributed by atoms with E-state index in [1.165, 1.54) is 24.1 Å². The lowest BCUT2D eigenvalue weighted by Gasteiger charge is -2.34. The fraction of sp³-hybridized carbons (Fsp3) is 0.667. The van der Waals surface area contributed by atoms with Crippen molar-refractivity contribution in [3.8, 4) is 0 Å². The zero-order valence-corrected chi connectivity index (χ0v) is 18.8. The molecule has 0 aromatic heterocycles. The van der Waals surface area contributed by atoms with Gasteiger partial charge in [-0.2, -0.15) is 0 Å². The topological polar surface area (TPSA) is 69.2 Å². The van der Waals surface area contributed by atoms with E-state index in [4.69, 9.17) is 4.74 Å². The molecule has 3 aliphatic rings. The number of carbonyl (C=O) groups excluding carboxylic acids is 1. The normalized spacial score (nSPS) is 22.5. The van der Waals surface area contributed by atoms with E-state index in [9.17, 15) is 4.79 Å². The number of guanidine groups is 1. The molecule has 1 aromatic rings. The third-order valence-electron chi connectivity index (χ3n) is 6.75. The number of rotatable bonds is 7. The van der Waals surface area contributed by atoms with Gasteiger partial charge in [0.15, 0.2) is 5.96 Å². The Morgan fingerprint density at radius 1 is 1.16 bits per heavy atom. The van der Waals surface area contributed by atoms with Crippen molar-refractivity contribution >= 4 is 11.9 Å². The van der Waals surface area contributed by atoms with Gasteiger partial charge in [0.25, 0.3) is 0 Å². The Balaban J connectivity index is 1.10. The van der Waals surface area contributed by atoms with E-state index in [0.717, 1.165) is 77.1 Å². The zero-order valence-electron chi connectivity index (χ0n) is 18.8. The second kappa shape index (κ2) is 11.0. The fourth-order valence-corrected chi connectivity index (χ4v) is 4.85. The third kappa shape index (κ3) is 6.20. The molecule has 170 valence electrons. The summed E-state index contributed by atoms with van der Waals surface area (Å²) < 4.78 is 5.51. The summed E-state index contributed by atoms with van der Waals surface area (Å²) in [4.78, 5) is 21.5. The van der Waals surface area contributed by atoms with E-state index in [-0.39, 0.29) is 5.91 Å². The van der Waals surface area contributed by atoms with E-state index >= 15 is 0 Å². The smallest absolute Gasteiger partial charge is 0.223 e. The number of likely N-dealkylation sites (tertiary alicyclic amines) is 1. The van der Waals surface area contributed by atoms with Gasteiger partial charge < -0.3 is 25.2 Å². The van der Waals surface area contributed by atoms with Gasteiger partial charge in [0.05, 0.1) is 6.61 Å². The van der Waals surface area contributed by atoms with Gasteiger partial charge in [0, 0.05) is 65.4 Å². The zero-order chi connectivity index (χ0) is 21.5. The monoisotopic (exact) mass is 427 g/mol. The van der Waals surface area contributed by atoms with Gasteiger partial charge in [0.2, 0.25) is 5.91 Å². The molecule has 1 amide bonds. The molecule has 0 bridgehead atoms. The van der Waals surface area contributed by atoms with Crippen molar-refractivity contribution in [2.24, 2.45) is 10.9 Å². The molecule has 1 unspecified atom stereocenters. The lowest BCUT2D eigenvalue weighted by atomic mass is 10.0. The van der Waals surface area contributed by atoms with Crippen molar-refractivity contribution in [3.05, 3.63) is 35.4 Å². The number of amides is 1. The van der Waals surface area contributed by atoms with Crippen molar-refractivity contribution in [1.82, 2.24) is 20.4 Å². The fourth-order valence-electron chi connectivity index (χ4n) is 4.85. The molecule has 0 saturated carbocycles. The predicted octanol–water partition coefficient (Wildman–Crippen LogP) is 1.97. The average Bonchev–Trinajstić information content (AvgIpc) is 3.46. The van der Waals surface area contributed by atoms with Gasteiger partial charge in [-0.25, -0.2) is 0 Å². The van der Waals surface area contributed by atoms with E-state index < -0.39 is 0 Å². The molecule has 7 heteroatoms. The molecular formula is C24H37N5O2. The van der Waals surface area contributed by atoms with Gasteiger partial charge in [0.1, 0.15) is 0 Å². The van der Waals surface area contributed by atoms with Crippen LogP contribution in [0.3, 0.4) is 0 Å². The minimum Gasteiger partial charge on any atom is -0.381 e. The molecular weight excluding hydrogens is 390 g/mol. The van der Waals surface area contributed by atoms with Crippen LogP contribution in [0.15, 0.2) is 29.3 Å². The first-order valence-corrected chi connectivity index (χ1v) is 11.8. The maximum atomic E-state index is 12.5. The Morgan fingerprint density at radius 3 is 2.55 bits per heavy atom. The molecule has 0 radical (unpaired) electrons. The lowest BCUT2D eigenvalue weighted by molar-refractivity contribution is -0.131. The minimum atomic E-state index is 0.237. The highest BCUT2D eigenvalue weighted by molar-refractivity contribution is 5.80. The quantitative estimate of drug-likeness (QED) is 0.396. The van der Waals surface area contributed by atoms with Crippen LogP contribution in [0.4, 0.5) is 0 Å².